The molecule has 0 aliphatic carbocycles. The third-order valence-corrected chi connectivity index (χ3v) is 5.02. The van der Waals surface area contributed by atoms with Crippen molar-refractivity contribution in [2.45, 2.75) is 56.3 Å². The number of aliphatic hydroxyl groups is 1. The predicted octanol–water partition coefficient (Wildman–Crippen LogP) is -2.31. The lowest BCUT2D eigenvalue weighted by atomic mass is 10.0. The molecule has 0 saturated heterocycles. The Labute approximate surface area is 202 Å². The summed E-state index contributed by atoms with van der Waals surface area (Å²) < 4.78 is 0. The molecular weight excluding hydrogens is 462 g/mol. The van der Waals surface area contributed by atoms with Gasteiger partial charge in [0.1, 0.15) is 18.1 Å². The quantitative estimate of drug-likeness (QED) is 0.114. The Morgan fingerprint density at radius 3 is 1.94 bits per heavy atom. The summed E-state index contributed by atoms with van der Waals surface area (Å²) in [5.41, 5.74) is 12.3. The predicted molar refractivity (Wildman–Crippen MR) is 124 cm³/mol. The van der Waals surface area contributed by atoms with Gasteiger partial charge in [0.05, 0.1) is 19.1 Å². The van der Waals surface area contributed by atoms with Crippen LogP contribution >= 0.6 is 0 Å². The first-order valence-corrected chi connectivity index (χ1v) is 11.0. The van der Waals surface area contributed by atoms with Crippen LogP contribution in [-0.2, 0) is 30.4 Å². The highest BCUT2D eigenvalue weighted by atomic mass is 16.4. The summed E-state index contributed by atoms with van der Waals surface area (Å²) >= 11 is 0. The molecular formula is C22H33N5O8. The molecule has 0 saturated carbocycles. The molecule has 0 heterocycles. The molecule has 1 rings (SSSR count). The number of hydrogen-bond acceptors (Lipinski definition) is 8. The van der Waals surface area contributed by atoms with Crippen LogP contribution in [0.2, 0.25) is 0 Å². The Morgan fingerprint density at radius 1 is 0.829 bits per heavy atom. The zero-order chi connectivity index (χ0) is 26.4. The SMILES string of the molecule is NCCCCC(NC(=O)C(N)Cc1ccccc1)C(=O)NC(CO)C(=O)NC(CC(=O)O)C(=O)O. The number of unbranched alkanes of at least 4 members (excludes halogenated alkanes) is 1. The van der Waals surface area contributed by atoms with E-state index in [4.69, 9.17) is 21.7 Å². The van der Waals surface area contributed by atoms with Gasteiger partial charge in [-0.2, -0.15) is 0 Å². The molecule has 0 aliphatic heterocycles. The highest BCUT2D eigenvalue weighted by Gasteiger charge is 2.30. The Hall–Kier alpha value is -3.55. The Morgan fingerprint density at radius 2 is 1.40 bits per heavy atom. The minimum absolute atomic E-state index is 0.170. The molecule has 0 spiro atoms. The fourth-order valence-electron chi connectivity index (χ4n) is 3.11. The third-order valence-electron chi connectivity index (χ3n) is 5.02. The first kappa shape index (κ1) is 29.5. The molecule has 0 fully saturated rings. The summed E-state index contributed by atoms with van der Waals surface area (Å²) in [5.74, 6) is -5.55. The van der Waals surface area contributed by atoms with E-state index in [1.165, 1.54) is 0 Å². The molecule has 3 amide bonds. The second-order valence-corrected chi connectivity index (χ2v) is 7.88. The summed E-state index contributed by atoms with van der Waals surface area (Å²) in [4.78, 5) is 59.8. The van der Waals surface area contributed by atoms with Gasteiger partial charge in [-0.3, -0.25) is 19.2 Å². The molecule has 0 aromatic heterocycles. The number of carboxylic acid groups (broad SMARTS) is 2. The summed E-state index contributed by atoms with van der Waals surface area (Å²) in [5, 5.41) is 34.2. The van der Waals surface area contributed by atoms with Gasteiger partial charge in [0.15, 0.2) is 0 Å². The lowest BCUT2D eigenvalue weighted by molar-refractivity contribution is -0.147. The van der Waals surface area contributed by atoms with Gasteiger partial charge in [0, 0.05) is 0 Å². The number of aliphatic hydroxyl groups excluding tert-OH is 1. The average molecular weight is 496 g/mol. The lowest BCUT2D eigenvalue weighted by Crippen LogP contribution is -2.58. The van der Waals surface area contributed by atoms with Crippen LogP contribution in [0, 0.1) is 0 Å². The van der Waals surface area contributed by atoms with Crippen molar-refractivity contribution in [3.05, 3.63) is 35.9 Å². The third kappa shape index (κ3) is 10.9. The van der Waals surface area contributed by atoms with E-state index >= 15 is 0 Å². The van der Waals surface area contributed by atoms with Crippen LogP contribution in [0.25, 0.3) is 0 Å². The summed E-state index contributed by atoms with van der Waals surface area (Å²) in [6.45, 7) is -0.536. The van der Waals surface area contributed by atoms with Gasteiger partial charge in [-0.1, -0.05) is 30.3 Å². The molecule has 4 atom stereocenters. The molecule has 13 heteroatoms. The zero-order valence-corrected chi connectivity index (χ0v) is 19.2. The number of amides is 3. The van der Waals surface area contributed by atoms with Crippen molar-refractivity contribution >= 4 is 29.7 Å². The number of nitrogens with one attached hydrogen (secondary N) is 3. The smallest absolute Gasteiger partial charge is 0.326 e. The fraction of sp³-hybridized carbons (Fsp3) is 0.500. The molecule has 4 unspecified atom stereocenters. The number of nitrogens with two attached hydrogens (primary N) is 2. The number of benzene rings is 1. The van der Waals surface area contributed by atoms with E-state index < -0.39 is 66.9 Å². The van der Waals surface area contributed by atoms with E-state index in [-0.39, 0.29) is 12.8 Å². The van der Waals surface area contributed by atoms with Crippen LogP contribution < -0.4 is 27.4 Å². The van der Waals surface area contributed by atoms with Crippen LogP contribution in [-0.4, -0.2) is 82.3 Å². The molecule has 0 aliphatic rings. The minimum atomic E-state index is -1.76. The molecule has 0 bridgehead atoms. The monoisotopic (exact) mass is 495 g/mol. The Balaban J connectivity index is 2.85. The lowest BCUT2D eigenvalue weighted by Gasteiger charge is -2.24. The number of carbonyl (C=O) groups is 5. The molecule has 194 valence electrons. The van der Waals surface area contributed by atoms with Crippen LogP contribution in [0.1, 0.15) is 31.2 Å². The van der Waals surface area contributed by atoms with Gasteiger partial charge in [-0.15, -0.1) is 0 Å². The van der Waals surface area contributed by atoms with Gasteiger partial charge in [-0.25, -0.2) is 4.79 Å². The molecule has 1 aromatic rings. The normalized spacial score (nSPS) is 14.1. The highest BCUT2D eigenvalue weighted by molar-refractivity contribution is 5.94. The van der Waals surface area contributed by atoms with Gasteiger partial charge in [0.25, 0.3) is 0 Å². The van der Waals surface area contributed by atoms with Crippen molar-refractivity contribution in [3.8, 4) is 0 Å². The first-order chi connectivity index (χ1) is 16.6. The van der Waals surface area contributed by atoms with Gasteiger partial charge in [0.2, 0.25) is 17.7 Å². The molecule has 10 N–H and O–H groups in total. The number of aliphatic carboxylic acids is 2. The topological polar surface area (TPSA) is 234 Å². The second-order valence-electron chi connectivity index (χ2n) is 7.88. The van der Waals surface area contributed by atoms with E-state index in [9.17, 15) is 29.1 Å². The van der Waals surface area contributed by atoms with Crippen molar-refractivity contribution in [3.63, 3.8) is 0 Å². The largest absolute Gasteiger partial charge is 0.481 e. The van der Waals surface area contributed by atoms with Gasteiger partial charge < -0.3 is 42.7 Å². The summed E-state index contributed by atoms with van der Waals surface area (Å²) in [7, 11) is 0. The average Bonchev–Trinajstić information content (AvgIpc) is 2.81. The van der Waals surface area contributed by atoms with Crippen LogP contribution in [0.15, 0.2) is 30.3 Å². The summed E-state index contributed by atoms with van der Waals surface area (Å²) in [6, 6.07) is 3.63. The maximum absolute atomic E-state index is 12.8. The minimum Gasteiger partial charge on any atom is -0.481 e. The van der Waals surface area contributed by atoms with Crippen molar-refractivity contribution in [1.82, 2.24) is 16.0 Å². The van der Waals surface area contributed by atoms with E-state index in [0.717, 1.165) is 5.56 Å². The fourth-order valence-corrected chi connectivity index (χ4v) is 3.11. The number of rotatable bonds is 16. The van der Waals surface area contributed by atoms with E-state index in [1.54, 1.807) is 24.3 Å². The van der Waals surface area contributed by atoms with Gasteiger partial charge >= 0.3 is 11.9 Å². The summed E-state index contributed by atoms with van der Waals surface area (Å²) in [6.07, 6.45) is 0.535. The van der Waals surface area contributed by atoms with E-state index in [2.05, 4.69) is 10.6 Å². The first-order valence-electron chi connectivity index (χ1n) is 11.0. The van der Waals surface area contributed by atoms with E-state index in [0.29, 0.717) is 19.4 Å². The molecule has 35 heavy (non-hydrogen) atoms. The van der Waals surface area contributed by atoms with Crippen molar-refractivity contribution in [2.75, 3.05) is 13.2 Å². The molecule has 1 aromatic carbocycles. The molecule has 0 radical (unpaired) electrons. The van der Waals surface area contributed by atoms with Crippen molar-refractivity contribution in [2.24, 2.45) is 11.5 Å². The standard InChI is InChI=1S/C22H33N5O8/c23-9-5-4-8-15(25-19(31)14(24)10-13-6-2-1-3-7-13)20(32)27-17(12-28)21(33)26-16(22(34)35)11-18(29)30/h1-3,6-7,14-17,28H,4-5,8-12,23-24H2,(H,25,31)(H,26,33)(H,27,32)(H,29,30)(H,34,35). The van der Waals surface area contributed by atoms with Crippen molar-refractivity contribution in [1.29, 1.82) is 0 Å². The van der Waals surface area contributed by atoms with Gasteiger partial charge in [-0.05, 0) is 37.8 Å². The Bertz CT molecular complexity index is 867. The van der Waals surface area contributed by atoms with Crippen LogP contribution in [0.3, 0.4) is 0 Å². The number of carboxylic acids is 2. The van der Waals surface area contributed by atoms with E-state index in [1.807, 2.05) is 11.4 Å². The maximum atomic E-state index is 12.8. The highest BCUT2D eigenvalue weighted by Crippen LogP contribution is 2.05. The number of carbonyl (C=O) groups excluding carboxylic acids is 3. The van der Waals surface area contributed by atoms with Crippen LogP contribution in [0.4, 0.5) is 0 Å². The maximum Gasteiger partial charge on any atom is 0.326 e. The number of hydrogen-bond donors (Lipinski definition) is 8. The zero-order valence-electron chi connectivity index (χ0n) is 19.2. The molecule has 13 nitrogen and oxygen atoms in total. The van der Waals surface area contributed by atoms with Crippen molar-refractivity contribution < 1.29 is 39.3 Å². The van der Waals surface area contributed by atoms with Crippen LogP contribution in [0.5, 0.6) is 0 Å². The Kier molecular flexibility index (Phi) is 12.9. The second kappa shape index (κ2) is 15.4.